The third-order valence-electron chi connectivity index (χ3n) is 2.82. The van der Waals surface area contributed by atoms with Crippen LogP contribution in [0.5, 0.6) is 0 Å². The summed E-state index contributed by atoms with van der Waals surface area (Å²) in [5.41, 5.74) is 0. The maximum Gasteiger partial charge on any atom is 0.292 e. The van der Waals surface area contributed by atoms with Gasteiger partial charge in [0.05, 0.1) is 0 Å². The molecule has 0 amide bonds. The van der Waals surface area contributed by atoms with Crippen LogP contribution in [0, 0.1) is 0 Å². The molecule has 0 aliphatic carbocycles. The van der Waals surface area contributed by atoms with E-state index in [1.54, 1.807) is 0 Å². The van der Waals surface area contributed by atoms with E-state index < -0.39 is 0 Å². The average molecular weight is 228 g/mol. The Balaban J connectivity index is 3.30. The lowest BCUT2D eigenvalue weighted by Crippen LogP contribution is -2.16. The monoisotopic (exact) mass is 228 g/mol. The maximum atomic E-state index is 5.78. The second-order valence-corrected chi connectivity index (χ2v) is 5.38. The lowest BCUT2D eigenvalue weighted by Gasteiger charge is -2.11. The van der Waals surface area contributed by atoms with Crippen molar-refractivity contribution < 1.29 is 4.65 Å². The zero-order valence-corrected chi connectivity index (χ0v) is 11.7. The molecule has 0 N–H and O–H groups in total. The lowest BCUT2D eigenvalue weighted by atomic mass is 9.63. The van der Waals surface area contributed by atoms with Crippen molar-refractivity contribution in [3.05, 3.63) is 0 Å². The minimum atomic E-state index is 0.489. The highest BCUT2D eigenvalue weighted by atomic mass is 32.2. The van der Waals surface area contributed by atoms with Gasteiger partial charge in [-0.1, -0.05) is 53.0 Å². The van der Waals surface area contributed by atoms with Gasteiger partial charge >= 0.3 is 0 Å². The summed E-state index contributed by atoms with van der Waals surface area (Å²) in [6, 6.07) is 0. The molecule has 4 heteroatoms. The van der Waals surface area contributed by atoms with Gasteiger partial charge in [-0.25, -0.2) is 11.6 Å². The average Bonchev–Trinajstić information content (AvgIpc) is 2.29. The van der Waals surface area contributed by atoms with Crippen LogP contribution in [0.25, 0.3) is 0 Å². The molecule has 0 aromatic carbocycles. The summed E-state index contributed by atoms with van der Waals surface area (Å²) in [7, 11) is 0. The van der Waals surface area contributed by atoms with Gasteiger partial charge in [-0.05, 0) is 12.2 Å². The number of rotatable bonds is 10. The van der Waals surface area contributed by atoms with E-state index >= 15 is 0 Å². The predicted octanol–water partition coefficient (Wildman–Crippen LogP) is 4.19. The van der Waals surface area contributed by atoms with Gasteiger partial charge in [0.25, 0.3) is 6.92 Å². The second kappa shape index (κ2) is 10.9. The summed E-state index contributed by atoms with van der Waals surface area (Å²) in [5, 5.41) is 0. The molecule has 0 aliphatic rings. The van der Waals surface area contributed by atoms with Crippen molar-refractivity contribution in [2.24, 2.45) is 0 Å². The lowest BCUT2D eigenvalue weighted by molar-refractivity contribution is 0.320. The molecule has 1 nitrogen and oxygen atoms in total. The van der Waals surface area contributed by atoms with Gasteiger partial charge in [0.2, 0.25) is 5.99 Å². The first-order valence-corrected chi connectivity index (χ1v) is 7.56. The number of hydrogen-bond acceptors (Lipinski definition) is 2. The van der Waals surface area contributed by atoms with Crippen molar-refractivity contribution in [1.29, 1.82) is 0 Å². The first kappa shape index (κ1) is 15.4. The van der Waals surface area contributed by atoms with E-state index in [9.17, 15) is 0 Å². The van der Waals surface area contributed by atoms with Crippen LogP contribution in [0.15, 0.2) is 0 Å². The molecule has 88 valence electrons. The molecule has 0 saturated carbocycles. The Labute approximate surface area is 101 Å². The third kappa shape index (κ3) is 8.27. The van der Waals surface area contributed by atoms with Crippen LogP contribution < -0.4 is 0 Å². The second-order valence-electron chi connectivity index (χ2n) is 3.97. The van der Waals surface area contributed by atoms with E-state index in [0.717, 1.165) is 25.2 Å². The zero-order chi connectivity index (χ0) is 11.5. The summed E-state index contributed by atoms with van der Waals surface area (Å²) in [4.78, 5) is 0. The van der Waals surface area contributed by atoms with Crippen LogP contribution in [-0.2, 0) is 4.65 Å². The smallest absolute Gasteiger partial charge is 0.292 e. The van der Waals surface area contributed by atoms with Crippen molar-refractivity contribution in [2.75, 3.05) is 12.4 Å². The largest absolute Gasteiger partial charge is 0.436 e. The molecule has 0 unspecified atom stereocenters. The van der Waals surface area contributed by atoms with Crippen molar-refractivity contribution in [2.45, 2.75) is 59.4 Å². The van der Waals surface area contributed by atoms with Crippen LogP contribution in [0.1, 0.15) is 34.1 Å². The highest BCUT2D eigenvalue weighted by molar-refractivity contribution is 8.25. The predicted molar refractivity (Wildman–Crippen MR) is 76.5 cm³/mol. The van der Waals surface area contributed by atoms with Crippen LogP contribution >= 0.6 is 11.6 Å². The molecule has 15 heavy (non-hydrogen) atoms. The first-order valence-electron chi connectivity index (χ1n) is 6.51. The summed E-state index contributed by atoms with van der Waals surface area (Å²) >= 11 is 2.11. The van der Waals surface area contributed by atoms with Crippen molar-refractivity contribution >= 4 is 24.5 Å². The topological polar surface area (TPSA) is 9.23 Å². The van der Waals surface area contributed by atoms with Gasteiger partial charge in [0.1, 0.15) is 0 Å². The van der Waals surface area contributed by atoms with Gasteiger partial charge in [0, 0.05) is 6.61 Å². The van der Waals surface area contributed by atoms with Gasteiger partial charge in [-0.2, -0.15) is 0 Å². The Bertz CT molecular complexity index is 114. The summed E-state index contributed by atoms with van der Waals surface area (Å²) < 4.78 is 5.78. The Morgan fingerprint density at radius 2 is 1.53 bits per heavy atom. The molecule has 0 atom stereocenters. The van der Waals surface area contributed by atoms with E-state index in [1.807, 2.05) is 0 Å². The van der Waals surface area contributed by atoms with Crippen LogP contribution in [0.3, 0.4) is 0 Å². The van der Waals surface area contributed by atoms with Gasteiger partial charge < -0.3 is 4.65 Å². The van der Waals surface area contributed by atoms with Gasteiger partial charge in [0.15, 0.2) is 0 Å². The zero-order valence-electron chi connectivity index (χ0n) is 10.9. The molecule has 0 rings (SSSR count). The molecule has 0 saturated heterocycles. The van der Waals surface area contributed by atoms with Gasteiger partial charge in [-0.3, -0.25) is 0 Å². The highest BCUT2D eigenvalue weighted by Crippen LogP contribution is 2.15. The Hall–Kier alpha value is 0.440. The Morgan fingerprint density at radius 3 is 2.00 bits per heavy atom. The Morgan fingerprint density at radius 1 is 0.933 bits per heavy atom. The third-order valence-corrected chi connectivity index (χ3v) is 4.48. The molecule has 0 aliphatic heterocycles. The molecule has 0 aromatic rings. The summed E-state index contributed by atoms with van der Waals surface area (Å²) in [6.45, 7) is 10.4. The Kier molecular flexibility index (Phi) is 11.3. The molecule has 0 spiro atoms. The van der Waals surface area contributed by atoms with Crippen molar-refractivity contribution in [3.63, 3.8) is 0 Å². The fourth-order valence-electron chi connectivity index (χ4n) is 1.61. The van der Waals surface area contributed by atoms with Gasteiger partial charge in [-0.15, -0.1) is 0 Å². The van der Waals surface area contributed by atoms with E-state index in [4.69, 9.17) is 4.65 Å². The van der Waals surface area contributed by atoms with Crippen LogP contribution in [0.2, 0.25) is 25.3 Å². The highest BCUT2D eigenvalue weighted by Gasteiger charge is 2.10. The standard InChI is InChI=1S/C11H26B2OS/c1-5-12(6-2)14-10-9-11-15-13(7-3)8-4/h5-11H2,1-4H3. The molecule has 0 fully saturated rings. The van der Waals surface area contributed by atoms with Crippen molar-refractivity contribution in [3.8, 4) is 0 Å². The van der Waals surface area contributed by atoms with Crippen molar-refractivity contribution in [1.82, 2.24) is 0 Å². The molecule has 0 heterocycles. The fourth-order valence-corrected chi connectivity index (χ4v) is 2.70. The fraction of sp³-hybridized carbons (Fsp3) is 1.00. The number of hydrogen-bond donors (Lipinski definition) is 0. The first-order chi connectivity index (χ1) is 7.28. The van der Waals surface area contributed by atoms with Crippen LogP contribution in [-0.4, -0.2) is 25.3 Å². The van der Waals surface area contributed by atoms with E-state index in [0.29, 0.717) is 6.92 Å². The maximum absolute atomic E-state index is 5.78. The molecular formula is C11H26B2OS. The summed E-state index contributed by atoms with van der Waals surface area (Å²) in [5.74, 6) is 2.12. The molecule has 0 aromatic heterocycles. The van der Waals surface area contributed by atoms with E-state index in [-0.39, 0.29) is 0 Å². The van der Waals surface area contributed by atoms with Crippen LogP contribution in [0.4, 0.5) is 0 Å². The minimum Gasteiger partial charge on any atom is -0.436 e. The SMILES string of the molecule is CCB(CC)OCCCSB(CC)CC. The summed E-state index contributed by atoms with van der Waals surface area (Å²) in [6.07, 6.45) is 6.10. The minimum absolute atomic E-state index is 0.489. The molecular weight excluding hydrogens is 202 g/mol. The molecule has 0 radical (unpaired) electrons. The molecule has 0 bridgehead atoms. The normalized spacial score (nSPS) is 10.4. The van der Waals surface area contributed by atoms with E-state index in [2.05, 4.69) is 39.3 Å². The quantitative estimate of drug-likeness (QED) is 0.409. The van der Waals surface area contributed by atoms with E-state index in [1.165, 1.54) is 24.8 Å².